The van der Waals surface area contributed by atoms with E-state index in [0.29, 0.717) is 0 Å². The molecular weight excluding hydrogens is 222 g/mol. The molecule has 2 N–H and O–H groups in total. The number of hydrogen-bond donors (Lipinski definition) is 2. The second kappa shape index (κ2) is 3.21. The van der Waals surface area contributed by atoms with Gasteiger partial charge in [0.05, 0.1) is 5.56 Å². The fourth-order valence-electron chi connectivity index (χ4n) is 2.51. The number of nitrogens with zero attached hydrogens (tertiary/aromatic N) is 1. The third-order valence-electron chi connectivity index (χ3n) is 3.51. The average Bonchev–Trinajstić information content (AvgIpc) is 2.83. The quantitative estimate of drug-likeness (QED) is 0.713. The topological polar surface area (TPSA) is 44.4 Å². The number of nitrogens with one attached hydrogen (secondary N) is 2. The van der Waals surface area contributed by atoms with Crippen molar-refractivity contribution in [2.45, 2.75) is 19.0 Å². The Hall–Kier alpha value is -1.07. The molecule has 1 amide bonds. The molecule has 1 atom stereocenters. The zero-order chi connectivity index (χ0) is 11.3. The van der Waals surface area contributed by atoms with E-state index in [1.165, 1.54) is 4.88 Å². The zero-order valence-electron chi connectivity index (χ0n) is 9.46. The first-order valence-electron chi connectivity index (χ1n) is 5.50. The summed E-state index contributed by atoms with van der Waals surface area (Å²) in [6.07, 6.45) is 0.964. The lowest BCUT2D eigenvalue weighted by atomic mass is 10.0. The van der Waals surface area contributed by atoms with Gasteiger partial charge in [-0.1, -0.05) is 0 Å². The number of carbonyl (C=O) groups is 1. The first kappa shape index (κ1) is 10.1. The number of fused-ring (bicyclic) bond motifs is 1. The first-order chi connectivity index (χ1) is 7.62. The molecule has 1 aromatic rings. The molecular formula is C11H15N3OS. The van der Waals surface area contributed by atoms with Gasteiger partial charge in [0.1, 0.15) is 10.7 Å². The summed E-state index contributed by atoms with van der Waals surface area (Å²) in [5, 5.41) is 7.89. The minimum Gasteiger partial charge on any atom is -0.353 e. The lowest BCUT2D eigenvalue weighted by molar-refractivity contribution is 0.0624. The summed E-state index contributed by atoms with van der Waals surface area (Å²) < 4.78 is 0. The molecule has 16 heavy (non-hydrogen) atoms. The van der Waals surface area contributed by atoms with E-state index in [-0.39, 0.29) is 11.6 Å². The van der Waals surface area contributed by atoms with Crippen molar-refractivity contribution < 1.29 is 4.79 Å². The van der Waals surface area contributed by atoms with Gasteiger partial charge in [-0.2, -0.15) is 0 Å². The van der Waals surface area contributed by atoms with Crippen molar-refractivity contribution in [3.8, 4) is 0 Å². The highest BCUT2D eigenvalue weighted by Gasteiger charge is 2.45. The van der Waals surface area contributed by atoms with Crippen molar-refractivity contribution in [1.82, 2.24) is 10.2 Å². The molecule has 1 aromatic heterocycles. The summed E-state index contributed by atoms with van der Waals surface area (Å²) in [4.78, 5) is 15.3. The van der Waals surface area contributed by atoms with Gasteiger partial charge < -0.3 is 15.5 Å². The summed E-state index contributed by atoms with van der Waals surface area (Å²) in [6.45, 7) is 3.83. The lowest BCUT2D eigenvalue weighted by Crippen LogP contribution is -2.59. The molecule has 5 heteroatoms. The van der Waals surface area contributed by atoms with Gasteiger partial charge >= 0.3 is 0 Å². The second-order valence-corrected chi connectivity index (χ2v) is 5.80. The second-order valence-electron chi connectivity index (χ2n) is 4.55. The number of aryl methyl sites for hydroxylation is 1. The van der Waals surface area contributed by atoms with E-state index in [1.807, 2.05) is 24.9 Å². The Morgan fingerprint density at radius 1 is 1.56 bits per heavy atom. The molecule has 1 spiro atoms. The van der Waals surface area contributed by atoms with Gasteiger partial charge in [-0.15, -0.1) is 11.3 Å². The van der Waals surface area contributed by atoms with E-state index in [2.05, 4.69) is 10.6 Å². The van der Waals surface area contributed by atoms with Gasteiger partial charge in [0.25, 0.3) is 5.91 Å². The highest BCUT2D eigenvalue weighted by atomic mass is 32.1. The maximum atomic E-state index is 12.3. The van der Waals surface area contributed by atoms with Gasteiger partial charge in [0.15, 0.2) is 0 Å². The molecule has 1 unspecified atom stereocenters. The lowest BCUT2D eigenvalue weighted by Gasteiger charge is -2.42. The molecule has 1 fully saturated rings. The molecule has 0 radical (unpaired) electrons. The fourth-order valence-corrected chi connectivity index (χ4v) is 3.50. The highest BCUT2D eigenvalue weighted by molar-refractivity contribution is 7.16. The molecule has 86 valence electrons. The molecule has 0 saturated carbocycles. The average molecular weight is 237 g/mol. The van der Waals surface area contributed by atoms with Crippen molar-refractivity contribution in [1.29, 1.82) is 0 Å². The Labute approximate surface area is 98.6 Å². The standard InChI is InChI=1S/C11H15N3OS/c1-7-5-8-9(16-7)13-11(3-4-12-6-11)14(2)10(8)15/h5,12-13H,3-4,6H2,1-2H3. The summed E-state index contributed by atoms with van der Waals surface area (Å²) in [7, 11) is 1.89. The van der Waals surface area contributed by atoms with Crippen molar-refractivity contribution in [3.63, 3.8) is 0 Å². The molecule has 3 heterocycles. The maximum Gasteiger partial charge on any atom is 0.258 e. The van der Waals surface area contributed by atoms with Crippen LogP contribution in [0.25, 0.3) is 0 Å². The number of amides is 1. The van der Waals surface area contributed by atoms with Crippen LogP contribution in [0.3, 0.4) is 0 Å². The molecule has 0 aliphatic carbocycles. The van der Waals surface area contributed by atoms with Gasteiger partial charge in [0.2, 0.25) is 0 Å². The van der Waals surface area contributed by atoms with Crippen LogP contribution in [0.4, 0.5) is 5.00 Å². The Morgan fingerprint density at radius 3 is 3.06 bits per heavy atom. The van der Waals surface area contributed by atoms with Crippen LogP contribution in [0.5, 0.6) is 0 Å². The Bertz CT molecular complexity index is 448. The molecule has 2 aliphatic heterocycles. The number of carbonyl (C=O) groups excluding carboxylic acids is 1. The van der Waals surface area contributed by atoms with E-state index < -0.39 is 0 Å². The monoisotopic (exact) mass is 237 g/mol. The summed E-state index contributed by atoms with van der Waals surface area (Å²) in [6, 6.07) is 1.97. The summed E-state index contributed by atoms with van der Waals surface area (Å²) in [5.74, 6) is 0.141. The zero-order valence-corrected chi connectivity index (χ0v) is 10.3. The third kappa shape index (κ3) is 1.21. The Morgan fingerprint density at radius 2 is 2.38 bits per heavy atom. The van der Waals surface area contributed by atoms with Crippen LogP contribution in [-0.4, -0.2) is 36.6 Å². The fraction of sp³-hybridized carbons (Fsp3) is 0.545. The summed E-state index contributed by atoms with van der Waals surface area (Å²) in [5.41, 5.74) is 0.615. The predicted octanol–water partition coefficient (Wildman–Crippen LogP) is 1.24. The van der Waals surface area contributed by atoms with Crippen LogP contribution in [-0.2, 0) is 0 Å². The Kier molecular flexibility index (Phi) is 2.03. The van der Waals surface area contributed by atoms with Crippen LogP contribution in [0.2, 0.25) is 0 Å². The van der Waals surface area contributed by atoms with Gasteiger partial charge in [-0.3, -0.25) is 4.79 Å². The van der Waals surface area contributed by atoms with Gasteiger partial charge in [-0.05, 0) is 19.5 Å². The number of rotatable bonds is 0. The minimum absolute atomic E-state index is 0.141. The van der Waals surface area contributed by atoms with Crippen molar-refractivity contribution in [3.05, 3.63) is 16.5 Å². The van der Waals surface area contributed by atoms with E-state index in [1.54, 1.807) is 11.3 Å². The van der Waals surface area contributed by atoms with Crippen molar-refractivity contribution in [2.24, 2.45) is 0 Å². The maximum absolute atomic E-state index is 12.3. The van der Waals surface area contributed by atoms with Crippen molar-refractivity contribution >= 4 is 22.2 Å². The van der Waals surface area contributed by atoms with Crippen LogP contribution in [0.1, 0.15) is 21.7 Å². The highest BCUT2D eigenvalue weighted by Crippen LogP contribution is 2.38. The summed E-state index contributed by atoms with van der Waals surface area (Å²) >= 11 is 1.67. The predicted molar refractivity (Wildman–Crippen MR) is 65.0 cm³/mol. The SMILES string of the molecule is Cc1cc2c(s1)NC1(CCNC1)N(C)C2=O. The third-order valence-corrected chi connectivity index (χ3v) is 4.48. The number of anilines is 1. The number of hydrogen-bond acceptors (Lipinski definition) is 4. The minimum atomic E-state index is -0.207. The van der Waals surface area contributed by atoms with E-state index in [0.717, 1.165) is 30.1 Å². The number of likely N-dealkylation sites (N-methyl/N-ethyl adjacent to an activating group) is 1. The largest absolute Gasteiger partial charge is 0.353 e. The van der Waals surface area contributed by atoms with E-state index >= 15 is 0 Å². The van der Waals surface area contributed by atoms with Crippen LogP contribution < -0.4 is 10.6 Å². The van der Waals surface area contributed by atoms with Crippen LogP contribution >= 0.6 is 11.3 Å². The van der Waals surface area contributed by atoms with E-state index in [4.69, 9.17) is 0 Å². The molecule has 4 nitrogen and oxygen atoms in total. The molecule has 2 aliphatic rings. The van der Waals surface area contributed by atoms with E-state index in [9.17, 15) is 4.79 Å². The molecule has 1 saturated heterocycles. The van der Waals surface area contributed by atoms with Crippen LogP contribution in [0.15, 0.2) is 6.07 Å². The van der Waals surface area contributed by atoms with Gasteiger partial charge in [-0.25, -0.2) is 0 Å². The molecule has 0 aromatic carbocycles. The first-order valence-corrected chi connectivity index (χ1v) is 6.31. The normalized spacial score (nSPS) is 28.4. The Balaban J connectivity index is 2.07. The molecule has 0 bridgehead atoms. The molecule has 3 rings (SSSR count). The van der Waals surface area contributed by atoms with Crippen molar-refractivity contribution in [2.75, 3.05) is 25.5 Å². The smallest absolute Gasteiger partial charge is 0.258 e. The van der Waals surface area contributed by atoms with Crippen LogP contribution in [0, 0.1) is 6.92 Å². The number of thiophene rings is 1. The van der Waals surface area contributed by atoms with Gasteiger partial charge in [0, 0.05) is 24.9 Å².